The van der Waals surface area contributed by atoms with Crippen LogP contribution in [0.25, 0.3) is 0 Å². The van der Waals surface area contributed by atoms with E-state index in [1.165, 1.54) is 10.9 Å². The Morgan fingerprint density at radius 3 is 2.62 bits per heavy atom. The van der Waals surface area contributed by atoms with Crippen molar-refractivity contribution in [1.29, 1.82) is 0 Å². The topological polar surface area (TPSA) is 64.0 Å². The number of hydrogen-bond donors (Lipinski definition) is 1. The molecule has 0 spiro atoms. The highest BCUT2D eigenvalue weighted by Crippen LogP contribution is 2.11. The van der Waals surface area contributed by atoms with Gasteiger partial charge in [-0.3, -0.25) is 4.68 Å². The van der Waals surface area contributed by atoms with Crippen molar-refractivity contribution < 1.29 is 8.42 Å². The van der Waals surface area contributed by atoms with Gasteiger partial charge in [0.15, 0.2) is 0 Å². The molecule has 0 unspecified atom stereocenters. The van der Waals surface area contributed by atoms with Crippen LogP contribution in [0.15, 0.2) is 11.1 Å². The van der Waals surface area contributed by atoms with Gasteiger partial charge in [-0.15, -0.1) is 0 Å². The summed E-state index contributed by atoms with van der Waals surface area (Å²) in [5.41, 5.74) is 0.517. The van der Waals surface area contributed by atoms with Crippen LogP contribution in [0.5, 0.6) is 0 Å². The van der Waals surface area contributed by atoms with Crippen molar-refractivity contribution in [2.24, 2.45) is 7.05 Å². The molecule has 0 bridgehead atoms. The minimum atomic E-state index is -3.35. The molecule has 1 aromatic rings. The van der Waals surface area contributed by atoms with Crippen LogP contribution in [-0.2, 0) is 17.1 Å². The Kier molecular flexibility index (Phi) is 2.72. The van der Waals surface area contributed by atoms with Crippen LogP contribution < -0.4 is 4.72 Å². The first-order valence-electron chi connectivity index (χ1n) is 3.97. The third-order valence-corrected chi connectivity index (χ3v) is 3.24. The molecule has 0 saturated heterocycles. The summed E-state index contributed by atoms with van der Waals surface area (Å²) in [4.78, 5) is 0.247. The highest BCUT2D eigenvalue weighted by Gasteiger charge is 2.17. The van der Waals surface area contributed by atoms with Crippen LogP contribution in [0.4, 0.5) is 0 Å². The minimum Gasteiger partial charge on any atom is -0.274 e. The first kappa shape index (κ1) is 10.2. The normalized spacial score (nSPS) is 11.9. The second kappa shape index (κ2) is 3.47. The number of rotatable bonds is 3. The van der Waals surface area contributed by atoms with E-state index in [9.17, 15) is 8.42 Å². The van der Waals surface area contributed by atoms with Gasteiger partial charge in [-0.2, -0.15) is 5.10 Å². The summed E-state index contributed by atoms with van der Waals surface area (Å²) >= 11 is 0. The van der Waals surface area contributed by atoms with Crippen molar-refractivity contribution in [2.75, 3.05) is 6.54 Å². The first-order valence-corrected chi connectivity index (χ1v) is 5.45. The van der Waals surface area contributed by atoms with E-state index >= 15 is 0 Å². The summed E-state index contributed by atoms with van der Waals surface area (Å²) in [5.74, 6) is 0. The quantitative estimate of drug-likeness (QED) is 0.753. The Bertz CT molecular complexity index is 394. The van der Waals surface area contributed by atoms with Gasteiger partial charge in [0.2, 0.25) is 10.0 Å². The van der Waals surface area contributed by atoms with E-state index in [1.54, 1.807) is 20.9 Å². The Morgan fingerprint density at radius 1 is 1.62 bits per heavy atom. The first-order chi connectivity index (χ1) is 5.97. The SMILES string of the molecule is CCNS(=O)(=O)c1cn(C)nc1C. The molecule has 0 aliphatic heterocycles. The van der Waals surface area contributed by atoms with Gasteiger partial charge in [0, 0.05) is 19.8 Å². The number of sulfonamides is 1. The van der Waals surface area contributed by atoms with Crippen LogP contribution in [-0.4, -0.2) is 24.7 Å². The number of nitrogens with zero attached hydrogens (tertiary/aromatic N) is 2. The van der Waals surface area contributed by atoms with Crippen LogP contribution in [0.1, 0.15) is 12.6 Å². The maximum Gasteiger partial charge on any atom is 0.243 e. The van der Waals surface area contributed by atoms with E-state index in [0.717, 1.165) is 0 Å². The van der Waals surface area contributed by atoms with Crippen LogP contribution in [0, 0.1) is 6.92 Å². The van der Waals surface area contributed by atoms with Gasteiger partial charge in [-0.05, 0) is 6.92 Å². The summed E-state index contributed by atoms with van der Waals surface area (Å²) in [6, 6.07) is 0. The van der Waals surface area contributed by atoms with Crippen molar-refractivity contribution >= 4 is 10.0 Å². The smallest absolute Gasteiger partial charge is 0.243 e. The summed E-state index contributed by atoms with van der Waals surface area (Å²) in [7, 11) is -1.66. The largest absolute Gasteiger partial charge is 0.274 e. The van der Waals surface area contributed by atoms with Crippen molar-refractivity contribution in [3.05, 3.63) is 11.9 Å². The molecule has 13 heavy (non-hydrogen) atoms. The second-order valence-electron chi connectivity index (χ2n) is 2.75. The summed E-state index contributed by atoms with van der Waals surface area (Å²) in [5, 5.41) is 3.96. The summed E-state index contributed by atoms with van der Waals surface area (Å²) in [6.07, 6.45) is 1.49. The Hall–Kier alpha value is -0.880. The average molecular weight is 203 g/mol. The van der Waals surface area contributed by atoms with Gasteiger partial charge in [0.25, 0.3) is 0 Å². The zero-order valence-electron chi connectivity index (χ0n) is 7.90. The molecule has 6 heteroatoms. The lowest BCUT2D eigenvalue weighted by Crippen LogP contribution is -2.23. The molecule has 0 aromatic carbocycles. The van der Waals surface area contributed by atoms with Crippen LogP contribution in [0.3, 0.4) is 0 Å². The molecule has 5 nitrogen and oxygen atoms in total. The molecular weight excluding hydrogens is 190 g/mol. The van der Waals surface area contributed by atoms with Gasteiger partial charge in [0.1, 0.15) is 4.90 Å². The van der Waals surface area contributed by atoms with Crippen LogP contribution >= 0.6 is 0 Å². The third kappa shape index (κ3) is 2.07. The Balaban J connectivity index is 3.14. The molecule has 0 fully saturated rings. The second-order valence-corrected chi connectivity index (χ2v) is 4.49. The number of aromatic nitrogens is 2. The summed E-state index contributed by atoms with van der Waals surface area (Å²) in [6.45, 7) is 3.80. The van der Waals surface area contributed by atoms with E-state index in [2.05, 4.69) is 9.82 Å². The van der Waals surface area contributed by atoms with E-state index < -0.39 is 10.0 Å². The maximum absolute atomic E-state index is 11.5. The lowest BCUT2D eigenvalue weighted by Gasteiger charge is -2.00. The maximum atomic E-state index is 11.5. The predicted molar refractivity (Wildman–Crippen MR) is 48.8 cm³/mol. The molecule has 74 valence electrons. The zero-order chi connectivity index (χ0) is 10.1. The fourth-order valence-corrected chi connectivity index (χ4v) is 2.37. The number of hydrogen-bond acceptors (Lipinski definition) is 3. The highest BCUT2D eigenvalue weighted by atomic mass is 32.2. The molecule has 0 amide bonds. The van der Waals surface area contributed by atoms with E-state index in [0.29, 0.717) is 12.2 Å². The minimum absolute atomic E-state index is 0.247. The molecule has 1 heterocycles. The fourth-order valence-electron chi connectivity index (χ4n) is 1.11. The lowest BCUT2D eigenvalue weighted by molar-refractivity contribution is 0.583. The molecule has 1 N–H and O–H groups in total. The zero-order valence-corrected chi connectivity index (χ0v) is 8.72. The summed E-state index contributed by atoms with van der Waals surface area (Å²) < 4.78 is 26.9. The van der Waals surface area contributed by atoms with Gasteiger partial charge < -0.3 is 0 Å². The van der Waals surface area contributed by atoms with Gasteiger partial charge >= 0.3 is 0 Å². The number of aryl methyl sites for hydroxylation is 2. The molecular formula is C7H13N3O2S. The molecule has 0 aliphatic rings. The van der Waals surface area contributed by atoms with E-state index in [4.69, 9.17) is 0 Å². The fraction of sp³-hybridized carbons (Fsp3) is 0.571. The van der Waals surface area contributed by atoms with Crippen molar-refractivity contribution in [2.45, 2.75) is 18.7 Å². The molecule has 0 radical (unpaired) electrons. The molecule has 0 saturated carbocycles. The monoisotopic (exact) mass is 203 g/mol. The van der Waals surface area contributed by atoms with Crippen molar-refractivity contribution in [1.82, 2.24) is 14.5 Å². The Labute approximate surface area is 77.8 Å². The van der Waals surface area contributed by atoms with Gasteiger partial charge in [-0.25, -0.2) is 13.1 Å². The Morgan fingerprint density at radius 2 is 2.23 bits per heavy atom. The number of nitrogens with one attached hydrogen (secondary N) is 1. The van der Waals surface area contributed by atoms with E-state index in [1.807, 2.05) is 0 Å². The molecule has 1 rings (SSSR count). The van der Waals surface area contributed by atoms with Gasteiger partial charge in [0.05, 0.1) is 5.69 Å². The predicted octanol–water partition coefficient (Wildman–Crippen LogP) is 0.0267. The van der Waals surface area contributed by atoms with E-state index in [-0.39, 0.29) is 4.90 Å². The molecule has 0 aliphatic carbocycles. The lowest BCUT2D eigenvalue weighted by atomic mass is 10.5. The van der Waals surface area contributed by atoms with Crippen molar-refractivity contribution in [3.63, 3.8) is 0 Å². The van der Waals surface area contributed by atoms with Gasteiger partial charge in [-0.1, -0.05) is 6.92 Å². The molecule has 1 aromatic heterocycles. The standard InChI is InChI=1S/C7H13N3O2S/c1-4-8-13(11,12)7-5-10(3)9-6(7)2/h5,8H,4H2,1-3H3. The third-order valence-electron chi connectivity index (χ3n) is 1.59. The van der Waals surface area contributed by atoms with Crippen molar-refractivity contribution in [3.8, 4) is 0 Å². The average Bonchev–Trinajstić information content (AvgIpc) is 2.30. The highest BCUT2D eigenvalue weighted by molar-refractivity contribution is 7.89. The molecule has 0 atom stereocenters. The van der Waals surface area contributed by atoms with Crippen LogP contribution in [0.2, 0.25) is 0 Å².